The first-order chi connectivity index (χ1) is 13.4. The van der Waals surface area contributed by atoms with Crippen LogP contribution < -0.4 is 0 Å². The van der Waals surface area contributed by atoms with Gasteiger partial charge in [0.2, 0.25) is 0 Å². The van der Waals surface area contributed by atoms with Gasteiger partial charge >= 0.3 is 5.97 Å². The number of phenols is 1. The number of carbonyl (C=O) groups is 1. The third-order valence-electron chi connectivity index (χ3n) is 6.57. The number of aromatic hydroxyl groups is 1. The fourth-order valence-corrected chi connectivity index (χ4v) is 4.16. The molecule has 5 nitrogen and oxygen atoms in total. The molecule has 0 aliphatic carbocycles. The summed E-state index contributed by atoms with van der Waals surface area (Å²) in [7, 11) is -4.03. The Kier molecular flexibility index (Phi) is 8.55. The van der Waals surface area contributed by atoms with Crippen LogP contribution in [0.3, 0.4) is 0 Å². The zero-order valence-corrected chi connectivity index (χ0v) is 22.9. The molecule has 1 aromatic rings. The van der Waals surface area contributed by atoms with Gasteiger partial charge in [-0.15, -0.1) is 0 Å². The summed E-state index contributed by atoms with van der Waals surface area (Å²) >= 11 is 0. The van der Waals surface area contributed by atoms with Gasteiger partial charge in [-0.05, 0) is 55.3 Å². The van der Waals surface area contributed by atoms with Gasteiger partial charge in [0.15, 0.2) is 16.6 Å². The molecule has 1 rings (SSSR count). The highest BCUT2D eigenvalue weighted by atomic mass is 28.4. The van der Waals surface area contributed by atoms with Crippen molar-refractivity contribution in [3.05, 3.63) is 28.8 Å². The zero-order chi connectivity index (χ0) is 23.5. The summed E-state index contributed by atoms with van der Waals surface area (Å²) in [6.07, 6.45) is 0. The van der Waals surface area contributed by atoms with E-state index in [1.54, 1.807) is 19.1 Å². The maximum atomic E-state index is 12.4. The van der Waals surface area contributed by atoms with Crippen molar-refractivity contribution in [3.63, 3.8) is 0 Å². The number of ether oxygens (including phenoxy) is 1. The van der Waals surface area contributed by atoms with Crippen molar-refractivity contribution in [3.8, 4) is 5.75 Å². The molecule has 0 radical (unpaired) electrons. The topological polar surface area (TPSA) is 65.0 Å². The van der Waals surface area contributed by atoms with E-state index in [1.807, 2.05) is 0 Å². The monoisotopic (exact) mass is 454 g/mol. The maximum Gasteiger partial charge on any atom is 0.338 e. The van der Waals surface area contributed by atoms with Crippen molar-refractivity contribution in [1.82, 2.24) is 0 Å². The molecule has 0 aliphatic rings. The average Bonchev–Trinajstić information content (AvgIpc) is 2.58. The first-order valence-corrected chi connectivity index (χ1v) is 16.5. The molecule has 172 valence electrons. The Morgan fingerprint density at radius 1 is 0.867 bits per heavy atom. The lowest BCUT2D eigenvalue weighted by atomic mass is 10.0. The van der Waals surface area contributed by atoms with Crippen LogP contribution in [0.2, 0.25) is 36.3 Å². The van der Waals surface area contributed by atoms with Gasteiger partial charge in [-0.3, -0.25) is 0 Å². The quantitative estimate of drug-likeness (QED) is 0.353. The normalized spacial score (nSPS) is 13.4. The fraction of sp³-hybridized carbons (Fsp3) is 0.696. The lowest BCUT2D eigenvalue weighted by Crippen LogP contribution is -2.40. The summed E-state index contributed by atoms with van der Waals surface area (Å²) in [4.78, 5) is 12.4. The van der Waals surface area contributed by atoms with Crippen LogP contribution in [0.5, 0.6) is 5.75 Å². The molecular formula is C23H42O5Si2. The molecular weight excluding hydrogens is 412 g/mol. The van der Waals surface area contributed by atoms with Crippen LogP contribution in [0.15, 0.2) is 12.1 Å². The van der Waals surface area contributed by atoms with Crippen LogP contribution >= 0.6 is 0 Å². The third kappa shape index (κ3) is 6.67. The molecule has 0 spiro atoms. The molecule has 0 atom stereocenters. The second-order valence-corrected chi connectivity index (χ2v) is 20.6. The Morgan fingerprint density at radius 2 is 1.23 bits per heavy atom. The van der Waals surface area contributed by atoms with Gasteiger partial charge in [-0.2, -0.15) is 0 Å². The summed E-state index contributed by atoms with van der Waals surface area (Å²) in [5.74, 6) is -0.264. The van der Waals surface area contributed by atoms with Gasteiger partial charge in [-0.25, -0.2) is 4.79 Å². The maximum absolute atomic E-state index is 12.4. The van der Waals surface area contributed by atoms with E-state index < -0.39 is 22.6 Å². The number of benzene rings is 1. The predicted octanol–water partition coefficient (Wildman–Crippen LogP) is 6.61. The van der Waals surface area contributed by atoms with Crippen molar-refractivity contribution in [2.45, 2.75) is 97.9 Å². The van der Waals surface area contributed by atoms with E-state index in [9.17, 15) is 9.90 Å². The molecule has 0 saturated carbocycles. The van der Waals surface area contributed by atoms with Crippen molar-refractivity contribution < 1.29 is 23.5 Å². The molecule has 0 heterocycles. The minimum Gasteiger partial charge on any atom is -0.507 e. The highest BCUT2D eigenvalue weighted by Crippen LogP contribution is 2.39. The summed E-state index contributed by atoms with van der Waals surface area (Å²) in [6.45, 7) is 24.3. The molecule has 0 fully saturated rings. The highest BCUT2D eigenvalue weighted by Gasteiger charge is 2.38. The van der Waals surface area contributed by atoms with Gasteiger partial charge in [0.05, 0.1) is 25.4 Å². The van der Waals surface area contributed by atoms with E-state index in [2.05, 4.69) is 67.7 Å². The third-order valence-corrected chi connectivity index (χ3v) is 15.5. The van der Waals surface area contributed by atoms with E-state index >= 15 is 0 Å². The Morgan fingerprint density at radius 3 is 1.53 bits per heavy atom. The fourth-order valence-electron chi connectivity index (χ4n) is 2.26. The highest BCUT2D eigenvalue weighted by molar-refractivity contribution is 6.74. The molecule has 0 amide bonds. The van der Waals surface area contributed by atoms with Crippen LogP contribution in [0, 0.1) is 0 Å². The van der Waals surface area contributed by atoms with Crippen molar-refractivity contribution in [1.29, 1.82) is 0 Å². The van der Waals surface area contributed by atoms with E-state index in [0.717, 1.165) is 0 Å². The lowest BCUT2D eigenvalue weighted by molar-refractivity contribution is 0.0526. The molecule has 0 aromatic heterocycles. The van der Waals surface area contributed by atoms with Gasteiger partial charge in [0.1, 0.15) is 5.75 Å². The average molecular weight is 455 g/mol. The van der Waals surface area contributed by atoms with Gasteiger partial charge in [-0.1, -0.05) is 41.5 Å². The van der Waals surface area contributed by atoms with Gasteiger partial charge < -0.3 is 18.7 Å². The SMILES string of the molecule is CCOC(=O)c1cc(CO[Si](C)(C)C(C)(C)C)c(O)c(CO[Si](C)(C)C(C)(C)C)c1. The lowest BCUT2D eigenvalue weighted by Gasteiger charge is -2.37. The first kappa shape index (κ1) is 26.9. The summed E-state index contributed by atoms with van der Waals surface area (Å²) in [5.41, 5.74) is 1.61. The second-order valence-electron chi connectivity index (χ2n) is 11.0. The van der Waals surface area contributed by atoms with Crippen molar-refractivity contribution >= 4 is 22.6 Å². The first-order valence-electron chi connectivity index (χ1n) is 10.7. The Labute approximate surface area is 185 Å². The largest absolute Gasteiger partial charge is 0.507 e. The minimum absolute atomic E-state index is 0.0512. The Bertz CT molecular complexity index is 692. The van der Waals surface area contributed by atoms with Crippen LogP contribution in [0.4, 0.5) is 0 Å². The van der Waals surface area contributed by atoms with E-state index in [1.165, 1.54) is 0 Å². The molecule has 1 N–H and O–H groups in total. The van der Waals surface area contributed by atoms with Gasteiger partial charge in [0.25, 0.3) is 0 Å². The number of rotatable bonds is 8. The predicted molar refractivity (Wildman–Crippen MR) is 128 cm³/mol. The molecule has 30 heavy (non-hydrogen) atoms. The smallest absolute Gasteiger partial charge is 0.338 e. The number of carbonyl (C=O) groups excluding carboxylic acids is 1. The second kappa shape index (κ2) is 9.55. The minimum atomic E-state index is -2.01. The van der Waals surface area contributed by atoms with Crippen LogP contribution in [-0.4, -0.2) is 34.3 Å². The number of hydrogen-bond donors (Lipinski definition) is 1. The summed E-state index contributed by atoms with van der Waals surface area (Å²) in [6, 6.07) is 3.35. The number of hydrogen-bond acceptors (Lipinski definition) is 5. The molecule has 0 unspecified atom stereocenters. The van der Waals surface area contributed by atoms with Crippen LogP contribution in [0.25, 0.3) is 0 Å². The molecule has 0 aliphatic heterocycles. The van der Waals surface area contributed by atoms with Crippen molar-refractivity contribution in [2.75, 3.05) is 6.61 Å². The van der Waals surface area contributed by atoms with E-state index in [4.69, 9.17) is 13.6 Å². The summed E-state index contributed by atoms with van der Waals surface area (Å²) in [5, 5.41) is 11.0. The zero-order valence-electron chi connectivity index (χ0n) is 20.9. The van der Waals surface area contributed by atoms with E-state index in [-0.39, 0.29) is 29.0 Å². The Hall–Kier alpha value is -1.16. The molecule has 0 saturated heterocycles. The number of esters is 1. The molecule has 0 bridgehead atoms. The number of phenolic OH excluding ortho intramolecular Hbond substituents is 1. The molecule has 1 aromatic carbocycles. The summed E-state index contributed by atoms with van der Waals surface area (Å²) < 4.78 is 17.8. The standard InChI is InChI=1S/C23H42O5Si2/c1-12-26-21(25)17-13-18(15-27-29(8,9)22(2,3)4)20(24)19(14-17)16-28-30(10,11)23(5,6)7/h13-14,24H,12,15-16H2,1-11H3. The van der Waals surface area contributed by atoms with Crippen molar-refractivity contribution in [2.24, 2.45) is 0 Å². The van der Waals surface area contributed by atoms with Crippen LogP contribution in [0.1, 0.15) is 70.0 Å². The van der Waals surface area contributed by atoms with Gasteiger partial charge in [0, 0.05) is 11.1 Å². The van der Waals surface area contributed by atoms with E-state index in [0.29, 0.717) is 23.3 Å². The van der Waals surface area contributed by atoms with Crippen LogP contribution in [-0.2, 0) is 26.8 Å². The Balaban J connectivity index is 3.26. The molecule has 7 heteroatoms.